The van der Waals surface area contributed by atoms with Crippen LogP contribution in [-0.4, -0.2) is 84.8 Å². The van der Waals surface area contributed by atoms with Crippen molar-refractivity contribution in [2.45, 2.75) is 63.0 Å². The molecule has 1 unspecified atom stereocenters. The summed E-state index contributed by atoms with van der Waals surface area (Å²) in [5.74, 6) is 1.87. The molecule has 12 heteroatoms. The predicted octanol–water partition coefficient (Wildman–Crippen LogP) is 0.0153. The fourth-order valence-corrected chi connectivity index (χ4v) is 5.19. The van der Waals surface area contributed by atoms with E-state index in [1.807, 2.05) is 0 Å². The number of aliphatic hydroxyl groups is 2. The van der Waals surface area contributed by atoms with E-state index in [4.69, 9.17) is 10.5 Å². The lowest BCUT2D eigenvalue weighted by molar-refractivity contribution is -0.133. The summed E-state index contributed by atoms with van der Waals surface area (Å²) in [6.07, 6.45) is 1.59. The van der Waals surface area contributed by atoms with Gasteiger partial charge in [0.25, 0.3) is 6.47 Å². The van der Waals surface area contributed by atoms with Gasteiger partial charge in [-0.3, -0.25) is 15.1 Å². The fraction of sp³-hybridized carbons (Fsp3) is 0.684. The van der Waals surface area contributed by atoms with E-state index >= 15 is 0 Å². The van der Waals surface area contributed by atoms with Crippen LogP contribution < -0.4 is 10.6 Å². The molecule has 2 saturated heterocycles. The second-order valence-electron chi connectivity index (χ2n) is 7.89. The van der Waals surface area contributed by atoms with E-state index in [1.165, 1.54) is 18.1 Å². The van der Waals surface area contributed by atoms with Crippen molar-refractivity contribution < 1.29 is 24.5 Å². The van der Waals surface area contributed by atoms with Gasteiger partial charge in [0.15, 0.2) is 29.4 Å². The van der Waals surface area contributed by atoms with Crippen LogP contribution in [0.1, 0.15) is 32.4 Å². The Bertz CT molecular complexity index is 900. The minimum Gasteiger partial charge on any atom is -0.449 e. The van der Waals surface area contributed by atoms with E-state index in [0.29, 0.717) is 41.6 Å². The molecule has 0 amide bonds. The Morgan fingerprint density at radius 3 is 2.97 bits per heavy atom. The van der Waals surface area contributed by atoms with Gasteiger partial charge in [-0.2, -0.15) is 11.8 Å². The number of imidazole rings is 1. The molecule has 4 N–H and O–H groups in total. The van der Waals surface area contributed by atoms with Crippen molar-refractivity contribution in [3.63, 3.8) is 0 Å². The molecule has 0 bridgehead atoms. The van der Waals surface area contributed by atoms with Crippen LogP contribution in [0.3, 0.4) is 0 Å². The van der Waals surface area contributed by atoms with E-state index in [0.717, 1.165) is 25.2 Å². The number of carbonyl (C=O) groups excluding carboxylic acids is 1. The van der Waals surface area contributed by atoms with E-state index in [2.05, 4.69) is 31.5 Å². The molecule has 2 aliphatic heterocycles. The van der Waals surface area contributed by atoms with E-state index in [-0.39, 0.29) is 0 Å². The number of fused-ring (bicyclic) bond motifs is 1. The lowest BCUT2D eigenvalue weighted by atomic mass is 10.1. The summed E-state index contributed by atoms with van der Waals surface area (Å²) in [4.78, 5) is 25.8. The van der Waals surface area contributed by atoms with Gasteiger partial charge < -0.3 is 24.6 Å². The SMILES string of the molecule is C[C@@H]1CCCN1c1ncnc2c1ncn2[C@@H]1O[C@H](CSCC[C@H](N)OC=O)C(O)[C@@H]1O. The van der Waals surface area contributed by atoms with Crippen molar-refractivity contribution in [3.05, 3.63) is 12.7 Å². The summed E-state index contributed by atoms with van der Waals surface area (Å²) in [7, 11) is 0. The summed E-state index contributed by atoms with van der Waals surface area (Å²) in [6.45, 7) is 3.41. The first kappa shape index (κ1) is 22.2. The first-order valence-corrected chi connectivity index (χ1v) is 11.5. The van der Waals surface area contributed by atoms with E-state index in [9.17, 15) is 15.0 Å². The van der Waals surface area contributed by atoms with E-state index < -0.39 is 30.8 Å². The molecule has 4 heterocycles. The molecule has 2 aromatic rings. The van der Waals surface area contributed by atoms with Gasteiger partial charge in [0.2, 0.25) is 0 Å². The number of ether oxygens (including phenoxy) is 2. The largest absolute Gasteiger partial charge is 0.449 e. The summed E-state index contributed by atoms with van der Waals surface area (Å²) in [5.41, 5.74) is 6.84. The summed E-state index contributed by atoms with van der Waals surface area (Å²) in [5, 5.41) is 21.1. The Labute approximate surface area is 183 Å². The number of carbonyl (C=O) groups is 1. The van der Waals surface area contributed by atoms with Crippen LogP contribution in [0.5, 0.6) is 0 Å². The lowest BCUT2D eigenvalue weighted by Crippen LogP contribution is -2.32. The average molecular weight is 453 g/mol. The molecule has 2 aromatic heterocycles. The maximum Gasteiger partial charge on any atom is 0.294 e. The van der Waals surface area contributed by atoms with Crippen LogP contribution in [0.2, 0.25) is 0 Å². The van der Waals surface area contributed by atoms with Crippen LogP contribution >= 0.6 is 11.8 Å². The Kier molecular flexibility index (Phi) is 6.92. The zero-order valence-corrected chi connectivity index (χ0v) is 18.1. The monoisotopic (exact) mass is 452 g/mol. The number of anilines is 1. The Balaban J connectivity index is 1.45. The second kappa shape index (κ2) is 9.65. The highest BCUT2D eigenvalue weighted by molar-refractivity contribution is 7.99. The Hall–Kier alpha value is -1.99. The number of hydrogen-bond acceptors (Lipinski definition) is 11. The molecule has 0 spiro atoms. The van der Waals surface area contributed by atoms with Crippen molar-refractivity contribution in [1.29, 1.82) is 0 Å². The molecule has 2 fully saturated rings. The highest BCUT2D eigenvalue weighted by Gasteiger charge is 2.44. The number of nitrogens with zero attached hydrogens (tertiary/aromatic N) is 5. The molecule has 0 saturated carbocycles. The zero-order valence-electron chi connectivity index (χ0n) is 17.3. The third-order valence-electron chi connectivity index (χ3n) is 5.84. The highest BCUT2D eigenvalue weighted by Crippen LogP contribution is 2.35. The molecule has 11 nitrogen and oxygen atoms in total. The Morgan fingerprint density at radius 1 is 1.39 bits per heavy atom. The van der Waals surface area contributed by atoms with Crippen molar-refractivity contribution in [2.24, 2.45) is 5.73 Å². The van der Waals surface area contributed by atoms with Crippen molar-refractivity contribution in [2.75, 3.05) is 23.0 Å². The first-order chi connectivity index (χ1) is 15.0. The number of aromatic nitrogens is 4. The van der Waals surface area contributed by atoms with Crippen molar-refractivity contribution in [1.82, 2.24) is 19.5 Å². The number of thioether (sulfide) groups is 1. The third kappa shape index (κ3) is 4.48. The van der Waals surface area contributed by atoms with Crippen LogP contribution in [0.15, 0.2) is 12.7 Å². The molecule has 31 heavy (non-hydrogen) atoms. The van der Waals surface area contributed by atoms with Crippen LogP contribution in [0, 0.1) is 0 Å². The van der Waals surface area contributed by atoms with Gasteiger partial charge >= 0.3 is 0 Å². The fourth-order valence-electron chi connectivity index (χ4n) is 4.12. The number of rotatable bonds is 9. The molecule has 0 radical (unpaired) electrons. The van der Waals surface area contributed by atoms with Gasteiger partial charge in [0.1, 0.15) is 18.5 Å². The summed E-state index contributed by atoms with van der Waals surface area (Å²) in [6, 6.07) is 0.379. The van der Waals surface area contributed by atoms with Gasteiger partial charge in [-0.15, -0.1) is 0 Å². The molecule has 170 valence electrons. The molecule has 0 aromatic carbocycles. The van der Waals surface area contributed by atoms with Gasteiger partial charge in [-0.1, -0.05) is 0 Å². The maximum atomic E-state index is 10.6. The predicted molar refractivity (Wildman–Crippen MR) is 114 cm³/mol. The van der Waals surface area contributed by atoms with Gasteiger partial charge in [-0.25, -0.2) is 15.0 Å². The molecular weight excluding hydrogens is 424 g/mol. The topological polar surface area (TPSA) is 149 Å². The average Bonchev–Trinajstić information content (AvgIpc) is 3.45. The molecule has 4 rings (SSSR count). The van der Waals surface area contributed by atoms with E-state index in [1.54, 1.807) is 10.9 Å². The molecular formula is C19H28N6O5S. The van der Waals surface area contributed by atoms with Crippen LogP contribution in [0.4, 0.5) is 5.82 Å². The Morgan fingerprint density at radius 2 is 2.23 bits per heavy atom. The van der Waals surface area contributed by atoms with Gasteiger partial charge in [0, 0.05) is 24.8 Å². The standard InChI is InChI=1S/C19H28N6O5S/c1-11-3-2-5-24(11)17-14-18(22-8-21-17)25(9-23-14)19-16(28)15(27)12(30-19)7-31-6-4-13(20)29-10-26/h8-13,15-16,19,27-28H,2-7,20H2,1H3/t11-,12-,13-,15?,16+,19-/m1/s1. The van der Waals surface area contributed by atoms with Gasteiger partial charge in [-0.05, 0) is 25.5 Å². The smallest absolute Gasteiger partial charge is 0.294 e. The minimum absolute atomic E-state index is 0.328. The quantitative estimate of drug-likeness (QED) is 0.268. The third-order valence-corrected chi connectivity index (χ3v) is 6.92. The highest BCUT2D eigenvalue weighted by atomic mass is 32.2. The normalized spacial score (nSPS) is 29.5. The second-order valence-corrected chi connectivity index (χ2v) is 9.04. The molecule has 6 atom stereocenters. The summed E-state index contributed by atoms with van der Waals surface area (Å²) < 4.78 is 12.3. The van der Waals surface area contributed by atoms with Crippen molar-refractivity contribution >= 4 is 35.2 Å². The van der Waals surface area contributed by atoms with Crippen molar-refractivity contribution in [3.8, 4) is 0 Å². The first-order valence-electron chi connectivity index (χ1n) is 10.4. The number of nitrogens with two attached hydrogens (primary N) is 1. The minimum atomic E-state index is -1.12. The molecule has 0 aliphatic carbocycles. The van der Waals surface area contributed by atoms with Crippen LogP contribution in [0.25, 0.3) is 11.2 Å². The number of aliphatic hydroxyl groups excluding tert-OH is 2. The maximum absolute atomic E-state index is 10.6. The zero-order chi connectivity index (χ0) is 22.0. The van der Waals surface area contributed by atoms with Crippen LogP contribution in [-0.2, 0) is 14.3 Å². The number of hydrogen-bond donors (Lipinski definition) is 3. The summed E-state index contributed by atoms with van der Waals surface area (Å²) >= 11 is 1.50. The lowest BCUT2D eigenvalue weighted by Gasteiger charge is -2.22. The van der Waals surface area contributed by atoms with Gasteiger partial charge in [0.05, 0.1) is 12.4 Å². The molecule has 2 aliphatic rings.